The highest BCUT2D eigenvalue weighted by atomic mass is 19.1. The van der Waals surface area contributed by atoms with E-state index in [1.165, 1.54) is 12.1 Å². The van der Waals surface area contributed by atoms with Crippen LogP contribution in [0.2, 0.25) is 0 Å². The van der Waals surface area contributed by atoms with Crippen molar-refractivity contribution in [2.75, 3.05) is 13.7 Å². The summed E-state index contributed by atoms with van der Waals surface area (Å²) in [5, 5.41) is 2.86. The normalized spacial score (nSPS) is 10.2. The highest BCUT2D eigenvalue weighted by Gasteiger charge is 2.03. The van der Waals surface area contributed by atoms with E-state index in [0.717, 1.165) is 16.9 Å². The maximum absolute atomic E-state index is 12.8. The predicted octanol–water partition coefficient (Wildman–Crippen LogP) is 2.74. The third-order valence-electron chi connectivity index (χ3n) is 3.17. The van der Waals surface area contributed by atoms with Gasteiger partial charge in [-0.3, -0.25) is 4.79 Å². The standard InChI is InChI=1S/C17H18FNO2/c1-21-16-8-4-14(5-9-16)12-17(20)19-11-10-13-2-6-15(18)7-3-13/h2-9H,10-12H2,1H3,(H,19,20). The van der Waals surface area contributed by atoms with E-state index in [1.807, 2.05) is 24.3 Å². The van der Waals surface area contributed by atoms with Crippen LogP contribution in [0.4, 0.5) is 4.39 Å². The summed E-state index contributed by atoms with van der Waals surface area (Å²) in [4.78, 5) is 11.8. The first kappa shape index (κ1) is 15.0. The molecule has 0 heterocycles. The summed E-state index contributed by atoms with van der Waals surface area (Å²) >= 11 is 0. The van der Waals surface area contributed by atoms with Crippen molar-refractivity contribution in [2.24, 2.45) is 0 Å². The van der Waals surface area contributed by atoms with Crippen molar-refractivity contribution in [1.82, 2.24) is 5.32 Å². The van der Waals surface area contributed by atoms with Gasteiger partial charge in [0.25, 0.3) is 0 Å². The maximum Gasteiger partial charge on any atom is 0.224 e. The SMILES string of the molecule is COc1ccc(CC(=O)NCCc2ccc(F)cc2)cc1. The molecular formula is C17H18FNO2. The van der Waals surface area contributed by atoms with Crippen LogP contribution in [0, 0.1) is 5.82 Å². The van der Waals surface area contributed by atoms with E-state index in [9.17, 15) is 9.18 Å². The van der Waals surface area contributed by atoms with Gasteiger partial charge in [0.05, 0.1) is 13.5 Å². The monoisotopic (exact) mass is 287 g/mol. The van der Waals surface area contributed by atoms with E-state index in [4.69, 9.17) is 4.74 Å². The number of carbonyl (C=O) groups is 1. The van der Waals surface area contributed by atoms with Gasteiger partial charge in [-0.1, -0.05) is 24.3 Å². The molecule has 2 rings (SSSR count). The number of nitrogens with one attached hydrogen (secondary N) is 1. The second-order valence-corrected chi connectivity index (χ2v) is 4.75. The Balaban J connectivity index is 1.75. The molecule has 21 heavy (non-hydrogen) atoms. The Kier molecular flexibility index (Phi) is 5.32. The molecule has 0 saturated carbocycles. The van der Waals surface area contributed by atoms with Crippen LogP contribution in [0.15, 0.2) is 48.5 Å². The number of hydrogen-bond donors (Lipinski definition) is 1. The lowest BCUT2D eigenvalue weighted by molar-refractivity contribution is -0.120. The van der Waals surface area contributed by atoms with Crippen LogP contribution in [-0.4, -0.2) is 19.6 Å². The zero-order chi connectivity index (χ0) is 15.1. The van der Waals surface area contributed by atoms with Crippen LogP contribution in [0.1, 0.15) is 11.1 Å². The topological polar surface area (TPSA) is 38.3 Å². The zero-order valence-corrected chi connectivity index (χ0v) is 11.9. The number of hydrogen-bond acceptors (Lipinski definition) is 2. The maximum atomic E-state index is 12.8. The first-order chi connectivity index (χ1) is 10.2. The molecule has 0 aliphatic heterocycles. The minimum Gasteiger partial charge on any atom is -0.497 e. The van der Waals surface area contributed by atoms with E-state index in [0.29, 0.717) is 19.4 Å². The average molecular weight is 287 g/mol. The van der Waals surface area contributed by atoms with Gasteiger partial charge in [0.2, 0.25) is 5.91 Å². The number of carbonyl (C=O) groups excluding carboxylic acids is 1. The molecule has 0 bridgehead atoms. The van der Waals surface area contributed by atoms with E-state index >= 15 is 0 Å². The quantitative estimate of drug-likeness (QED) is 0.887. The second-order valence-electron chi connectivity index (χ2n) is 4.75. The van der Waals surface area contributed by atoms with E-state index < -0.39 is 0 Å². The lowest BCUT2D eigenvalue weighted by Crippen LogP contribution is -2.27. The molecule has 0 aromatic heterocycles. The first-order valence-electron chi connectivity index (χ1n) is 6.81. The fraction of sp³-hybridized carbons (Fsp3) is 0.235. The molecule has 0 spiro atoms. The molecule has 110 valence electrons. The second kappa shape index (κ2) is 7.43. The smallest absolute Gasteiger partial charge is 0.224 e. The Hall–Kier alpha value is -2.36. The summed E-state index contributed by atoms with van der Waals surface area (Å²) in [5.74, 6) is 0.500. The van der Waals surface area contributed by atoms with E-state index in [-0.39, 0.29) is 11.7 Å². The summed E-state index contributed by atoms with van der Waals surface area (Å²) in [5.41, 5.74) is 1.94. The largest absolute Gasteiger partial charge is 0.497 e. The Bertz CT molecular complexity index is 579. The molecule has 4 heteroatoms. The third-order valence-corrected chi connectivity index (χ3v) is 3.17. The minimum absolute atomic E-state index is 0.0257. The van der Waals surface area contributed by atoms with E-state index in [1.54, 1.807) is 19.2 Å². The van der Waals surface area contributed by atoms with Crippen LogP contribution in [0.25, 0.3) is 0 Å². The molecule has 0 fully saturated rings. The molecule has 1 N–H and O–H groups in total. The van der Waals surface area contributed by atoms with Crippen molar-refractivity contribution in [3.05, 3.63) is 65.5 Å². The number of rotatable bonds is 6. The van der Waals surface area contributed by atoms with Crippen LogP contribution in [0.3, 0.4) is 0 Å². The molecule has 3 nitrogen and oxygen atoms in total. The first-order valence-corrected chi connectivity index (χ1v) is 6.81. The van der Waals surface area contributed by atoms with Gasteiger partial charge in [0, 0.05) is 6.54 Å². The molecule has 0 aliphatic carbocycles. The van der Waals surface area contributed by atoms with Gasteiger partial charge in [-0.05, 0) is 41.8 Å². The molecule has 0 aliphatic rings. The summed E-state index contributed by atoms with van der Waals surface area (Å²) in [7, 11) is 1.61. The van der Waals surface area contributed by atoms with Crippen molar-refractivity contribution in [3.63, 3.8) is 0 Å². The molecular weight excluding hydrogens is 269 g/mol. The predicted molar refractivity (Wildman–Crippen MR) is 79.8 cm³/mol. The number of ether oxygens (including phenoxy) is 1. The van der Waals surface area contributed by atoms with Gasteiger partial charge < -0.3 is 10.1 Å². The summed E-state index contributed by atoms with van der Waals surface area (Å²) in [6.45, 7) is 0.542. The number of benzene rings is 2. The highest BCUT2D eigenvalue weighted by molar-refractivity contribution is 5.78. The van der Waals surface area contributed by atoms with Gasteiger partial charge in [-0.15, -0.1) is 0 Å². The van der Waals surface area contributed by atoms with Crippen molar-refractivity contribution in [2.45, 2.75) is 12.8 Å². The lowest BCUT2D eigenvalue weighted by atomic mass is 10.1. The Morgan fingerprint density at radius 2 is 1.67 bits per heavy atom. The van der Waals surface area contributed by atoms with Gasteiger partial charge in [-0.25, -0.2) is 4.39 Å². The molecule has 2 aromatic rings. The Morgan fingerprint density at radius 1 is 1.05 bits per heavy atom. The van der Waals surface area contributed by atoms with Gasteiger partial charge in [0.15, 0.2) is 0 Å². The summed E-state index contributed by atoms with van der Waals surface area (Å²) in [6.07, 6.45) is 1.03. The fourth-order valence-corrected chi connectivity index (χ4v) is 1.99. The lowest BCUT2D eigenvalue weighted by Gasteiger charge is -2.06. The summed E-state index contributed by atoms with van der Waals surface area (Å²) < 4.78 is 17.8. The van der Waals surface area contributed by atoms with Crippen LogP contribution in [-0.2, 0) is 17.6 Å². The molecule has 0 radical (unpaired) electrons. The molecule has 0 unspecified atom stereocenters. The average Bonchev–Trinajstić information content (AvgIpc) is 2.50. The van der Waals surface area contributed by atoms with Crippen molar-refractivity contribution >= 4 is 5.91 Å². The Labute approximate surface area is 123 Å². The summed E-state index contributed by atoms with van der Waals surface area (Å²) in [6, 6.07) is 13.7. The fourth-order valence-electron chi connectivity index (χ4n) is 1.99. The van der Waals surface area contributed by atoms with E-state index in [2.05, 4.69) is 5.32 Å². The van der Waals surface area contributed by atoms with Crippen molar-refractivity contribution in [3.8, 4) is 5.75 Å². The van der Waals surface area contributed by atoms with Crippen molar-refractivity contribution < 1.29 is 13.9 Å². The van der Waals surface area contributed by atoms with Gasteiger partial charge in [-0.2, -0.15) is 0 Å². The highest BCUT2D eigenvalue weighted by Crippen LogP contribution is 2.11. The molecule has 0 atom stereocenters. The minimum atomic E-state index is -0.248. The molecule has 2 aromatic carbocycles. The number of methoxy groups -OCH3 is 1. The number of amides is 1. The van der Waals surface area contributed by atoms with Crippen LogP contribution < -0.4 is 10.1 Å². The van der Waals surface area contributed by atoms with Crippen LogP contribution >= 0.6 is 0 Å². The van der Waals surface area contributed by atoms with Crippen molar-refractivity contribution in [1.29, 1.82) is 0 Å². The number of halogens is 1. The van der Waals surface area contributed by atoms with Gasteiger partial charge in [0.1, 0.15) is 11.6 Å². The Morgan fingerprint density at radius 3 is 2.29 bits per heavy atom. The zero-order valence-electron chi connectivity index (χ0n) is 11.9. The molecule has 1 amide bonds. The third kappa shape index (κ3) is 4.91. The molecule has 0 saturated heterocycles. The van der Waals surface area contributed by atoms with Crippen LogP contribution in [0.5, 0.6) is 5.75 Å². The van der Waals surface area contributed by atoms with Gasteiger partial charge >= 0.3 is 0 Å².